The van der Waals surface area contributed by atoms with Gasteiger partial charge in [0.15, 0.2) is 0 Å². The minimum atomic E-state index is 1.05. The van der Waals surface area contributed by atoms with Gasteiger partial charge in [0.2, 0.25) is 0 Å². The molecule has 2 aliphatic rings. The standard InChI is InChI=1S/C18H13NS/c1-2-7-16-12(4-1)10-13-5-3-6-14-11-15-8-9-20-18(15)19(16)17(13)14/h1-9H,10-11H2. The molecule has 1 nitrogen and oxygen atoms in total. The van der Waals surface area contributed by atoms with Crippen molar-refractivity contribution in [3.63, 3.8) is 0 Å². The number of rotatable bonds is 0. The Morgan fingerprint density at radius 1 is 0.750 bits per heavy atom. The molecule has 2 heteroatoms. The number of para-hydroxylation sites is 2. The highest BCUT2D eigenvalue weighted by atomic mass is 32.1. The molecule has 0 saturated carbocycles. The van der Waals surface area contributed by atoms with Crippen molar-refractivity contribution < 1.29 is 0 Å². The van der Waals surface area contributed by atoms with Crippen LogP contribution in [0.3, 0.4) is 0 Å². The number of hydrogen-bond acceptors (Lipinski definition) is 2. The van der Waals surface area contributed by atoms with Gasteiger partial charge in [0.1, 0.15) is 5.00 Å². The second-order valence-corrected chi connectivity index (χ2v) is 6.39. The Bertz CT molecular complexity index is 831. The number of thiophene rings is 1. The van der Waals surface area contributed by atoms with Crippen LogP contribution in [0.25, 0.3) is 0 Å². The third-order valence-electron chi connectivity index (χ3n) is 4.35. The summed E-state index contributed by atoms with van der Waals surface area (Å²) in [5.74, 6) is 0. The third kappa shape index (κ3) is 1.27. The van der Waals surface area contributed by atoms with E-state index in [1.54, 1.807) is 0 Å². The number of hydrogen-bond donors (Lipinski definition) is 0. The molecule has 3 aromatic rings. The Hall–Kier alpha value is -2.06. The average molecular weight is 275 g/mol. The topological polar surface area (TPSA) is 3.24 Å². The second-order valence-electron chi connectivity index (χ2n) is 5.49. The summed E-state index contributed by atoms with van der Waals surface area (Å²) < 4.78 is 0. The normalized spacial score (nSPS) is 14.5. The molecule has 0 saturated heterocycles. The summed E-state index contributed by atoms with van der Waals surface area (Å²) in [4.78, 5) is 2.48. The molecule has 0 unspecified atom stereocenters. The third-order valence-corrected chi connectivity index (χ3v) is 5.29. The van der Waals surface area contributed by atoms with Crippen molar-refractivity contribution in [2.75, 3.05) is 4.90 Å². The first-order chi connectivity index (χ1) is 9.92. The van der Waals surface area contributed by atoms with Crippen molar-refractivity contribution in [3.05, 3.63) is 76.2 Å². The summed E-state index contributed by atoms with van der Waals surface area (Å²) in [5, 5.41) is 3.62. The van der Waals surface area contributed by atoms with Crippen molar-refractivity contribution in [3.8, 4) is 0 Å². The van der Waals surface area contributed by atoms with Crippen LogP contribution < -0.4 is 4.90 Å². The van der Waals surface area contributed by atoms with Gasteiger partial charge in [-0.1, -0.05) is 36.4 Å². The van der Waals surface area contributed by atoms with Crippen LogP contribution in [0, 0.1) is 0 Å². The van der Waals surface area contributed by atoms with Crippen LogP contribution >= 0.6 is 11.3 Å². The maximum absolute atomic E-state index is 2.48. The molecule has 5 rings (SSSR count). The number of anilines is 3. The van der Waals surface area contributed by atoms with Crippen LogP contribution in [-0.4, -0.2) is 0 Å². The Balaban J connectivity index is 1.88. The molecular formula is C18H13NS. The maximum Gasteiger partial charge on any atom is 0.104 e. The van der Waals surface area contributed by atoms with E-state index < -0.39 is 0 Å². The molecule has 2 aromatic carbocycles. The summed E-state index contributed by atoms with van der Waals surface area (Å²) >= 11 is 1.85. The van der Waals surface area contributed by atoms with Crippen molar-refractivity contribution in [2.45, 2.75) is 12.8 Å². The van der Waals surface area contributed by atoms with Gasteiger partial charge in [-0.3, -0.25) is 0 Å². The fourth-order valence-corrected chi connectivity index (χ4v) is 4.44. The van der Waals surface area contributed by atoms with Crippen molar-refractivity contribution >= 4 is 27.7 Å². The van der Waals surface area contributed by atoms with Gasteiger partial charge in [-0.2, -0.15) is 0 Å². The fourth-order valence-electron chi connectivity index (χ4n) is 3.50. The molecule has 3 heterocycles. The zero-order chi connectivity index (χ0) is 13.1. The lowest BCUT2D eigenvalue weighted by Crippen LogP contribution is -2.23. The maximum atomic E-state index is 2.48. The van der Waals surface area contributed by atoms with Crippen LogP contribution in [-0.2, 0) is 12.8 Å². The van der Waals surface area contributed by atoms with E-state index >= 15 is 0 Å². The van der Waals surface area contributed by atoms with Gasteiger partial charge in [-0.25, -0.2) is 0 Å². The first-order valence-corrected chi connectivity index (χ1v) is 7.85. The first-order valence-electron chi connectivity index (χ1n) is 6.97. The van der Waals surface area contributed by atoms with E-state index in [4.69, 9.17) is 0 Å². The van der Waals surface area contributed by atoms with Gasteiger partial charge in [0, 0.05) is 12.8 Å². The lowest BCUT2D eigenvalue weighted by molar-refractivity contribution is 1.03. The fraction of sp³-hybridized carbons (Fsp3) is 0.111. The Labute approximate surface area is 122 Å². The van der Waals surface area contributed by atoms with E-state index in [0.29, 0.717) is 0 Å². The van der Waals surface area contributed by atoms with Gasteiger partial charge in [-0.05, 0) is 39.8 Å². The lowest BCUT2D eigenvalue weighted by Gasteiger charge is -2.37. The van der Waals surface area contributed by atoms with Crippen molar-refractivity contribution in [1.82, 2.24) is 0 Å². The predicted octanol–water partition coefficient (Wildman–Crippen LogP) is 5.03. The molecule has 0 bridgehead atoms. The van der Waals surface area contributed by atoms with Crippen LogP contribution in [0.1, 0.15) is 22.3 Å². The molecule has 0 radical (unpaired) electrons. The second kappa shape index (κ2) is 3.74. The molecule has 0 fully saturated rings. The number of nitrogens with zero attached hydrogens (tertiary/aromatic N) is 1. The van der Waals surface area contributed by atoms with E-state index in [-0.39, 0.29) is 0 Å². The van der Waals surface area contributed by atoms with Gasteiger partial charge in [0.25, 0.3) is 0 Å². The summed E-state index contributed by atoms with van der Waals surface area (Å²) in [7, 11) is 0. The highest BCUT2D eigenvalue weighted by molar-refractivity contribution is 7.14. The monoisotopic (exact) mass is 275 g/mol. The molecule has 0 atom stereocenters. The zero-order valence-corrected chi connectivity index (χ0v) is 11.8. The van der Waals surface area contributed by atoms with Gasteiger partial charge >= 0.3 is 0 Å². The quantitative estimate of drug-likeness (QED) is 0.383. The first kappa shape index (κ1) is 10.7. The van der Waals surface area contributed by atoms with E-state index in [1.807, 2.05) is 11.3 Å². The minimum Gasteiger partial charge on any atom is -0.301 e. The van der Waals surface area contributed by atoms with E-state index in [2.05, 4.69) is 58.8 Å². The molecule has 0 aliphatic carbocycles. The van der Waals surface area contributed by atoms with Gasteiger partial charge < -0.3 is 4.90 Å². The molecule has 2 aliphatic heterocycles. The SMILES string of the molecule is c1ccc2c(c1)Cc1cccc3c1N2c1sccc1C3. The Morgan fingerprint density at radius 2 is 1.50 bits per heavy atom. The molecule has 0 amide bonds. The highest BCUT2D eigenvalue weighted by Crippen LogP contribution is 2.51. The molecule has 1 aromatic heterocycles. The molecule has 96 valence electrons. The van der Waals surface area contributed by atoms with Crippen LogP contribution in [0.5, 0.6) is 0 Å². The van der Waals surface area contributed by atoms with Gasteiger partial charge in [0.05, 0.1) is 11.4 Å². The number of benzene rings is 2. The van der Waals surface area contributed by atoms with Crippen molar-refractivity contribution in [1.29, 1.82) is 0 Å². The molecular weight excluding hydrogens is 262 g/mol. The Morgan fingerprint density at radius 3 is 2.40 bits per heavy atom. The summed E-state index contributed by atoms with van der Waals surface area (Å²) in [5.41, 5.74) is 8.59. The van der Waals surface area contributed by atoms with Crippen LogP contribution in [0.4, 0.5) is 16.4 Å². The lowest BCUT2D eigenvalue weighted by atomic mass is 9.89. The summed E-state index contributed by atoms with van der Waals surface area (Å²) in [6.45, 7) is 0. The largest absolute Gasteiger partial charge is 0.301 e. The highest BCUT2D eigenvalue weighted by Gasteiger charge is 2.31. The van der Waals surface area contributed by atoms with E-state index in [0.717, 1.165) is 12.8 Å². The minimum absolute atomic E-state index is 1.05. The van der Waals surface area contributed by atoms with E-state index in [9.17, 15) is 0 Å². The van der Waals surface area contributed by atoms with Gasteiger partial charge in [-0.15, -0.1) is 11.3 Å². The van der Waals surface area contributed by atoms with Crippen LogP contribution in [0.15, 0.2) is 53.9 Å². The van der Waals surface area contributed by atoms with Crippen molar-refractivity contribution in [2.24, 2.45) is 0 Å². The van der Waals surface area contributed by atoms with Crippen LogP contribution in [0.2, 0.25) is 0 Å². The molecule has 0 N–H and O–H groups in total. The molecule has 0 spiro atoms. The zero-order valence-electron chi connectivity index (χ0n) is 11.0. The molecule has 20 heavy (non-hydrogen) atoms. The number of fused-ring (bicyclic) bond motifs is 4. The smallest absolute Gasteiger partial charge is 0.104 e. The average Bonchev–Trinajstić information content (AvgIpc) is 2.95. The van der Waals surface area contributed by atoms with E-state index in [1.165, 1.54) is 38.6 Å². The summed E-state index contributed by atoms with van der Waals surface area (Å²) in [6.07, 6.45) is 2.12. The Kier molecular flexibility index (Phi) is 2.00. The summed E-state index contributed by atoms with van der Waals surface area (Å²) in [6, 6.07) is 17.8. The predicted molar refractivity (Wildman–Crippen MR) is 84.6 cm³/mol.